The number of aromatic nitrogens is 1. The number of hydrogen-bond donors (Lipinski definition) is 1. The summed E-state index contributed by atoms with van der Waals surface area (Å²) < 4.78 is 11.2. The largest absolute Gasteiger partial charge is 0.493 e. The van der Waals surface area contributed by atoms with Crippen molar-refractivity contribution >= 4 is 28.5 Å². The van der Waals surface area contributed by atoms with Gasteiger partial charge in [0.15, 0.2) is 5.58 Å². The molecule has 20 heavy (non-hydrogen) atoms. The lowest BCUT2D eigenvalue weighted by Crippen LogP contribution is -2.00. The molecular weight excluding hydrogens is 272 g/mol. The number of anilines is 1. The Labute approximate surface area is 120 Å². The van der Waals surface area contributed by atoms with Crippen molar-refractivity contribution in [2.75, 3.05) is 18.1 Å². The molecule has 0 aliphatic rings. The summed E-state index contributed by atoms with van der Waals surface area (Å²) in [6, 6.07) is 15.1. The van der Waals surface area contributed by atoms with E-state index < -0.39 is 0 Å². The Bertz CT molecular complexity index is 679. The molecule has 2 aromatic carbocycles. The van der Waals surface area contributed by atoms with Crippen LogP contribution in [0.2, 0.25) is 0 Å². The van der Waals surface area contributed by atoms with Gasteiger partial charge in [0, 0.05) is 17.5 Å². The Morgan fingerprint density at radius 2 is 2.05 bits per heavy atom. The van der Waals surface area contributed by atoms with Gasteiger partial charge in [0.2, 0.25) is 0 Å². The molecule has 0 saturated carbocycles. The van der Waals surface area contributed by atoms with Crippen molar-refractivity contribution in [3.05, 3.63) is 48.5 Å². The number of thioether (sulfide) groups is 1. The number of hydrogen-bond acceptors (Lipinski definition) is 5. The first-order valence-corrected chi connectivity index (χ1v) is 7.26. The first-order chi connectivity index (χ1) is 9.81. The zero-order valence-corrected chi connectivity index (χ0v) is 11.6. The standard InChI is InChI=1S/C15H14N2O2S/c16-11-4-3-5-12(10-11)18-8-9-20-15-17-13-6-1-2-7-14(13)19-15/h1-7,10H,8-9,16H2. The SMILES string of the molecule is Nc1cccc(OCCSc2nc3ccccc3o2)c1. The first-order valence-electron chi connectivity index (χ1n) is 6.28. The van der Waals surface area contributed by atoms with E-state index >= 15 is 0 Å². The van der Waals surface area contributed by atoms with Gasteiger partial charge in [-0.25, -0.2) is 4.98 Å². The minimum absolute atomic E-state index is 0.576. The normalized spacial score (nSPS) is 10.8. The molecule has 0 atom stereocenters. The quantitative estimate of drug-likeness (QED) is 0.441. The van der Waals surface area contributed by atoms with Gasteiger partial charge in [-0.05, 0) is 24.3 Å². The lowest BCUT2D eigenvalue weighted by Gasteiger charge is -2.05. The van der Waals surface area contributed by atoms with Crippen LogP contribution in [0.4, 0.5) is 5.69 Å². The van der Waals surface area contributed by atoms with Crippen molar-refractivity contribution in [2.24, 2.45) is 0 Å². The van der Waals surface area contributed by atoms with Gasteiger partial charge in [-0.3, -0.25) is 0 Å². The van der Waals surface area contributed by atoms with Gasteiger partial charge in [-0.1, -0.05) is 30.0 Å². The van der Waals surface area contributed by atoms with Crippen LogP contribution in [0.25, 0.3) is 11.1 Å². The van der Waals surface area contributed by atoms with Gasteiger partial charge < -0.3 is 14.9 Å². The molecule has 0 bridgehead atoms. The molecule has 2 N–H and O–H groups in total. The van der Waals surface area contributed by atoms with Gasteiger partial charge in [0.05, 0.1) is 6.61 Å². The Morgan fingerprint density at radius 1 is 1.15 bits per heavy atom. The molecule has 0 aliphatic carbocycles. The van der Waals surface area contributed by atoms with E-state index in [1.807, 2.05) is 48.5 Å². The minimum atomic E-state index is 0.576. The molecule has 102 valence electrons. The van der Waals surface area contributed by atoms with E-state index in [4.69, 9.17) is 14.9 Å². The fraction of sp³-hybridized carbons (Fsp3) is 0.133. The van der Waals surface area contributed by atoms with Crippen LogP contribution in [0.15, 0.2) is 58.2 Å². The van der Waals surface area contributed by atoms with Crippen molar-refractivity contribution in [2.45, 2.75) is 5.22 Å². The molecule has 3 aromatic rings. The zero-order chi connectivity index (χ0) is 13.8. The number of nitrogens with zero attached hydrogens (tertiary/aromatic N) is 1. The molecule has 0 aliphatic heterocycles. The Balaban J connectivity index is 1.52. The highest BCUT2D eigenvalue weighted by Crippen LogP contribution is 2.23. The molecule has 0 amide bonds. The number of para-hydroxylation sites is 2. The second kappa shape index (κ2) is 5.88. The maximum Gasteiger partial charge on any atom is 0.256 e. The van der Waals surface area contributed by atoms with Crippen molar-refractivity contribution in [1.82, 2.24) is 4.98 Å². The average molecular weight is 286 g/mol. The molecule has 0 fully saturated rings. The smallest absolute Gasteiger partial charge is 0.256 e. The van der Waals surface area contributed by atoms with Crippen LogP contribution in [0.5, 0.6) is 5.75 Å². The van der Waals surface area contributed by atoms with Crippen LogP contribution in [-0.2, 0) is 0 Å². The third kappa shape index (κ3) is 3.05. The number of oxazole rings is 1. The zero-order valence-electron chi connectivity index (χ0n) is 10.8. The molecule has 0 saturated heterocycles. The van der Waals surface area contributed by atoms with Gasteiger partial charge >= 0.3 is 0 Å². The molecular formula is C15H14N2O2S. The van der Waals surface area contributed by atoms with E-state index in [9.17, 15) is 0 Å². The number of ether oxygens (including phenoxy) is 1. The summed E-state index contributed by atoms with van der Waals surface area (Å²) >= 11 is 1.54. The van der Waals surface area contributed by atoms with Gasteiger partial charge in [0.25, 0.3) is 5.22 Å². The number of nitrogen functional groups attached to an aromatic ring is 1. The van der Waals surface area contributed by atoms with Crippen molar-refractivity contribution in [3.8, 4) is 5.75 Å². The van der Waals surface area contributed by atoms with Crippen molar-refractivity contribution in [1.29, 1.82) is 0 Å². The third-order valence-corrected chi connectivity index (χ3v) is 3.50. The maximum absolute atomic E-state index is 5.69. The lowest BCUT2D eigenvalue weighted by atomic mass is 10.3. The molecule has 0 spiro atoms. The third-order valence-electron chi connectivity index (χ3n) is 2.71. The number of rotatable bonds is 5. The summed E-state index contributed by atoms with van der Waals surface area (Å²) in [6.45, 7) is 0.576. The highest BCUT2D eigenvalue weighted by molar-refractivity contribution is 7.99. The minimum Gasteiger partial charge on any atom is -0.493 e. The van der Waals surface area contributed by atoms with Crippen LogP contribution in [-0.4, -0.2) is 17.3 Å². The van der Waals surface area contributed by atoms with Crippen molar-refractivity contribution < 1.29 is 9.15 Å². The van der Waals surface area contributed by atoms with Crippen LogP contribution < -0.4 is 10.5 Å². The summed E-state index contributed by atoms with van der Waals surface area (Å²) in [6.07, 6.45) is 0. The Kier molecular flexibility index (Phi) is 3.78. The molecule has 1 heterocycles. The van der Waals surface area contributed by atoms with Gasteiger partial charge in [-0.2, -0.15) is 0 Å². The maximum atomic E-state index is 5.69. The number of benzene rings is 2. The monoisotopic (exact) mass is 286 g/mol. The summed E-state index contributed by atoms with van der Waals surface area (Å²) in [7, 11) is 0. The predicted octanol–water partition coefficient (Wildman–Crippen LogP) is 3.58. The molecule has 3 rings (SSSR count). The highest BCUT2D eigenvalue weighted by Gasteiger charge is 2.05. The fourth-order valence-electron chi connectivity index (χ4n) is 1.81. The van der Waals surface area contributed by atoms with E-state index in [0.717, 1.165) is 22.6 Å². The first kappa shape index (κ1) is 12.9. The van der Waals surface area contributed by atoms with E-state index in [2.05, 4.69) is 4.98 Å². The van der Waals surface area contributed by atoms with E-state index in [0.29, 0.717) is 17.5 Å². The molecule has 1 aromatic heterocycles. The Morgan fingerprint density at radius 3 is 2.90 bits per heavy atom. The fourth-order valence-corrected chi connectivity index (χ4v) is 2.46. The summed E-state index contributed by atoms with van der Waals surface area (Å²) in [4.78, 5) is 4.39. The van der Waals surface area contributed by atoms with E-state index in [1.165, 1.54) is 11.8 Å². The van der Waals surface area contributed by atoms with Crippen LogP contribution in [0, 0.1) is 0 Å². The number of fused-ring (bicyclic) bond motifs is 1. The lowest BCUT2D eigenvalue weighted by molar-refractivity contribution is 0.343. The van der Waals surface area contributed by atoms with Crippen LogP contribution >= 0.6 is 11.8 Å². The predicted molar refractivity (Wildman–Crippen MR) is 81.1 cm³/mol. The molecule has 4 nitrogen and oxygen atoms in total. The molecule has 5 heteroatoms. The van der Waals surface area contributed by atoms with E-state index in [1.54, 1.807) is 0 Å². The number of nitrogens with two attached hydrogens (primary N) is 1. The summed E-state index contributed by atoms with van der Waals surface area (Å²) in [5, 5.41) is 0.669. The molecule has 0 unspecified atom stereocenters. The molecule has 0 radical (unpaired) electrons. The second-order valence-electron chi connectivity index (χ2n) is 4.22. The van der Waals surface area contributed by atoms with Crippen LogP contribution in [0.1, 0.15) is 0 Å². The summed E-state index contributed by atoms with van der Waals surface area (Å²) in [5.41, 5.74) is 8.08. The highest BCUT2D eigenvalue weighted by atomic mass is 32.2. The van der Waals surface area contributed by atoms with Gasteiger partial charge in [-0.15, -0.1) is 0 Å². The topological polar surface area (TPSA) is 61.3 Å². The summed E-state index contributed by atoms with van der Waals surface area (Å²) in [5.74, 6) is 1.55. The Hall–Kier alpha value is -2.14. The average Bonchev–Trinajstić information content (AvgIpc) is 2.86. The van der Waals surface area contributed by atoms with Gasteiger partial charge in [0.1, 0.15) is 11.3 Å². The van der Waals surface area contributed by atoms with Crippen LogP contribution in [0.3, 0.4) is 0 Å². The van der Waals surface area contributed by atoms with E-state index in [-0.39, 0.29) is 0 Å². The second-order valence-corrected chi connectivity index (χ2v) is 5.26. The van der Waals surface area contributed by atoms with Crippen molar-refractivity contribution in [3.63, 3.8) is 0 Å².